The Morgan fingerprint density at radius 3 is 2.35 bits per heavy atom. The Kier molecular flexibility index (Phi) is 8.10. The first-order valence-electron chi connectivity index (χ1n) is 11.8. The molecule has 9 nitrogen and oxygen atoms in total. The maximum atomic E-state index is 13.0. The Bertz CT molecular complexity index is 1350. The molecule has 1 heterocycles. The van der Waals surface area contributed by atoms with Crippen LogP contribution in [0.25, 0.3) is 0 Å². The fraction of sp³-hybridized carbons (Fsp3) is 0.259. The highest BCUT2D eigenvalue weighted by Gasteiger charge is 2.22. The number of anilines is 2. The first-order valence-corrected chi connectivity index (χ1v) is 13.3. The van der Waals surface area contributed by atoms with E-state index in [9.17, 15) is 18.0 Å². The van der Waals surface area contributed by atoms with Gasteiger partial charge in [0.1, 0.15) is 5.75 Å². The number of carbonyl (C=O) groups is 2. The zero-order valence-electron chi connectivity index (χ0n) is 20.6. The highest BCUT2D eigenvalue weighted by Crippen LogP contribution is 2.25. The number of methoxy groups -OCH3 is 1. The van der Waals surface area contributed by atoms with E-state index in [4.69, 9.17) is 9.47 Å². The highest BCUT2D eigenvalue weighted by molar-refractivity contribution is 7.92. The van der Waals surface area contributed by atoms with E-state index in [0.717, 1.165) is 17.1 Å². The maximum absolute atomic E-state index is 13.0. The molecule has 1 fully saturated rings. The SMILES string of the molecule is COc1ccc(S(=O)(=O)N(C)c2ccc(C(=O)Nc3ccccc3C(=O)NC[C@@H]3CCCO3)cc2)cc1. The van der Waals surface area contributed by atoms with Crippen LogP contribution in [0.3, 0.4) is 0 Å². The highest BCUT2D eigenvalue weighted by atomic mass is 32.2. The minimum absolute atomic E-state index is 0.0101. The summed E-state index contributed by atoms with van der Waals surface area (Å²) in [5, 5.41) is 5.64. The molecule has 0 bridgehead atoms. The van der Waals surface area contributed by atoms with E-state index in [1.54, 1.807) is 48.5 Å². The summed E-state index contributed by atoms with van der Waals surface area (Å²) in [5.74, 6) is -0.169. The zero-order chi connectivity index (χ0) is 26.4. The number of rotatable bonds is 9. The van der Waals surface area contributed by atoms with E-state index < -0.39 is 15.9 Å². The van der Waals surface area contributed by atoms with Crippen LogP contribution >= 0.6 is 0 Å². The Morgan fingerprint density at radius 2 is 1.70 bits per heavy atom. The number of nitrogens with zero attached hydrogens (tertiary/aromatic N) is 1. The number of hydrogen-bond acceptors (Lipinski definition) is 6. The fourth-order valence-corrected chi connectivity index (χ4v) is 5.15. The second-order valence-electron chi connectivity index (χ2n) is 8.54. The summed E-state index contributed by atoms with van der Waals surface area (Å²) >= 11 is 0. The lowest BCUT2D eigenvalue weighted by Gasteiger charge is -2.20. The maximum Gasteiger partial charge on any atom is 0.264 e. The molecule has 2 amide bonds. The van der Waals surface area contributed by atoms with Gasteiger partial charge in [0.15, 0.2) is 0 Å². The lowest BCUT2D eigenvalue weighted by Crippen LogP contribution is -2.32. The second-order valence-corrected chi connectivity index (χ2v) is 10.5. The summed E-state index contributed by atoms with van der Waals surface area (Å²) in [7, 11) is -0.850. The molecule has 2 N–H and O–H groups in total. The van der Waals surface area contributed by atoms with Crippen molar-refractivity contribution in [3.63, 3.8) is 0 Å². The smallest absolute Gasteiger partial charge is 0.264 e. The van der Waals surface area contributed by atoms with Crippen LogP contribution in [0.4, 0.5) is 11.4 Å². The third-order valence-corrected chi connectivity index (χ3v) is 7.94. The van der Waals surface area contributed by atoms with Crippen molar-refractivity contribution in [1.82, 2.24) is 5.32 Å². The Hall–Kier alpha value is -3.89. The lowest BCUT2D eigenvalue weighted by atomic mass is 10.1. The summed E-state index contributed by atoms with van der Waals surface area (Å²) in [5.41, 5.74) is 1.42. The van der Waals surface area contributed by atoms with Crippen LogP contribution in [0.2, 0.25) is 0 Å². The summed E-state index contributed by atoms with van der Waals surface area (Å²) in [6.07, 6.45) is 1.90. The van der Waals surface area contributed by atoms with Gasteiger partial charge in [-0.05, 0) is 73.5 Å². The Morgan fingerprint density at radius 1 is 1.00 bits per heavy atom. The third kappa shape index (κ3) is 6.10. The van der Waals surface area contributed by atoms with E-state index in [-0.39, 0.29) is 16.9 Å². The van der Waals surface area contributed by atoms with Crippen molar-refractivity contribution in [3.05, 3.63) is 83.9 Å². The number of para-hydroxylation sites is 1. The number of ether oxygens (including phenoxy) is 2. The minimum atomic E-state index is -3.80. The van der Waals surface area contributed by atoms with Gasteiger partial charge in [0, 0.05) is 25.8 Å². The van der Waals surface area contributed by atoms with Crippen LogP contribution in [0.1, 0.15) is 33.6 Å². The summed E-state index contributed by atoms with van der Waals surface area (Å²) < 4.78 is 37.8. The van der Waals surface area contributed by atoms with Gasteiger partial charge in [-0.25, -0.2) is 8.42 Å². The normalized spacial score (nSPS) is 15.1. The van der Waals surface area contributed by atoms with Crippen molar-refractivity contribution in [2.24, 2.45) is 0 Å². The topological polar surface area (TPSA) is 114 Å². The average molecular weight is 524 g/mol. The molecule has 0 radical (unpaired) electrons. The lowest BCUT2D eigenvalue weighted by molar-refractivity contribution is 0.0858. The molecule has 0 unspecified atom stereocenters. The Balaban J connectivity index is 1.43. The molecule has 0 saturated carbocycles. The van der Waals surface area contributed by atoms with Gasteiger partial charge >= 0.3 is 0 Å². The van der Waals surface area contributed by atoms with Crippen LogP contribution in [0.5, 0.6) is 5.75 Å². The molecule has 1 aliphatic rings. The van der Waals surface area contributed by atoms with E-state index in [1.165, 1.54) is 38.4 Å². The molecule has 0 aromatic heterocycles. The average Bonchev–Trinajstić information content (AvgIpc) is 3.45. The number of nitrogens with one attached hydrogen (secondary N) is 2. The van der Waals surface area contributed by atoms with Crippen LogP contribution in [0, 0.1) is 0 Å². The predicted octanol–water partition coefficient (Wildman–Crippen LogP) is 3.68. The van der Waals surface area contributed by atoms with Gasteiger partial charge in [-0.3, -0.25) is 13.9 Å². The number of benzene rings is 3. The van der Waals surface area contributed by atoms with Crippen LogP contribution in [0.15, 0.2) is 77.7 Å². The Labute approximate surface area is 216 Å². The second kappa shape index (κ2) is 11.4. The van der Waals surface area contributed by atoms with Crippen molar-refractivity contribution in [3.8, 4) is 5.75 Å². The molecular formula is C27H29N3O6S. The molecule has 37 heavy (non-hydrogen) atoms. The number of hydrogen-bond donors (Lipinski definition) is 2. The fourth-order valence-electron chi connectivity index (χ4n) is 3.96. The molecule has 0 aliphatic carbocycles. The molecule has 1 atom stereocenters. The van der Waals surface area contributed by atoms with Gasteiger partial charge in [0.2, 0.25) is 0 Å². The number of amides is 2. The van der Waals surface area contributed by atoms with Crippen molar-refractivity contribution in [2.45, 2.75) is 23.8 Å². The van der Waals surface area contributed by atoms with E-state index in [1.807, 2.05) is 0 Å². The molecule has 10 heteroatoms. The summed E-state index contributed by atoms with van der Waals surface area (Å²) in [6, 6.07) is 19.0. The first kappa shape index (κ1) is 26.2. The van der Waals surface area contributed by atoms with E-state index in [0.29, 0.717) is 41.4 Å². The van der Waals surface area contributed by atoms with Crippen molar-refractivity contribution < 1.29 is 27.5 Å². The predicted molar refractivity (Wildman–Crippen MR) is 141 cm³/mol. The zero-order valence-corrected chi connectivity index (χ0v) is 21.5. The molecule has 194 valence electrons. The van der Waals surface area contributed by atoms with Gasteiger partial charge in [-0.2, -0.15) is 0 Å². The van der Waals surface area contributed by atoms with Crippen LogP contribution < -0.4 is 19.7 Å². The molecule has 3 aromatic rings. The first-order chi connectivity index (χ1) is 17.8. The van der Waals surface area contributed by atoms with Crippen LogP contribution in [-0.4, -0.2) is 53.6 Å². The monoisotopic (exact) mass is 523 g/mol. The van der Waals surface area contributed by atoms with E-state index in [2.05, 4.69) is 10.6 Å². The number of sulfonamides is 1. The number of carbonyl (C=O) groups excluding carboxylic acids is 2. The summed E-state index contributed by atoms with van der Waals surface area (Å²) in [4.78, 5) is 25.7. The van der Waals surface area contributed by atoms with Crippen molar-refractivity contribution >= 4 is 33.2 Å². The van der Waals surface area contributed by atoms with Gasteiger partial charge in [0.05, 0.1) is 35.0 Å². The third-order valence-electron chi connectivity index (χ3n) is 6.15. The standard InChI is InChI=1S/C27H29N3O6S/c1-30(37(33,34)23-15-13-21(35-2)14-16-23)20-11-9-19(10-12-20)26(31)29-25-8-4-3-7-24(25)27(32)28-18-22-6-5-17-36-22/h3-4,7-16,22H,5-6,17-18H2,1-2H3,(H,28,32)(H,29,31)/t22-/m0/s1. The minimum Gasteiger partial charge on any atom is -0.497 e. The molecule has 1 aliphatic heterocycles. The van der Waals surface area contributed by atoms with Gasteiger partial charge < -0.3 is 20.1 Å². The van der Waals surface area contributed by atoms with Crippen molar-refractivity contribution in [2.75, 3.05) is 36.9 Å². The molecule has 0 spiro atoms. The molecular weight excluding hydrogens is 494 g/mol. The summed E-state index contributed by atoms with van der Waals surface area (Å²) in [6.45, 7) is 1.12. The van der Waals surface area contributed by atoms with Gasteiger partial charge in [-0.15, -0.1) is 0 Å². The van der Waals surface area contributed by atoms with Crippen LogP contribution in [-0.2, 0) is 14.8 Å². The molecule has 4 rings (SSSR count). The molecule has 3 aromatic carbocycles. The van der Waals surface area contributed by atoms with Crippen molar-refractivity contribution in [1.29, 1.82) is 0 Å². The quantitative estimate of drug-likeness (QED) is 0.442. The van der Waals surface area contributed by atoms with Gasteiger partial charge in [-0.1, -0.05) is 12.1 Å². The van der Waals surface area contributed by atoms with Gasteiger partial charge in [0.25, 0.3) is 21.8 Å². The largest absolute Gasteiger partial charge is 0.497 e. The van der Waals surface area contributed by atoms with E-state index >= 15 is 0 Å². The molecule has 1 saturated heterocycles.